The van der Waals surface area contributed by atoms with Gasteiger partial charge in [0.15, 0.2) is 0 Å². The van der Waals surface area contributed by atoms with Crippen molar-refractivity contribution >= 4 is 17.5 Å². The summed E-state index contributed by atoms with van der Waals surface area (Å²) in [4.78, 5) is 21.5. The SMILES string of the molecule is O=C(c1cccc(Cl)c1)N1CCC2(CC1)COCCN(Cc1cccnc1)C2. The number of carbonyl (C=O) groups is 1. The minimum Gasteiger partial charge on any atom is -0.379 e. The molecule has 148 valence electrons. The number of rotatable bonds is 3. The molecule has 6 heteroatoms. The van der Waals surface area contributed by atoms with Gasteiger partial charge in [-0.05, 0) is 42.7 Å². The van der Waals surface area contributed by atoms with Crippen molar-refractivity contribution in [3.8, 4) is 0 Å². The molecule has 1 amide bonds. The van der Waals surface area contributed by atoms with Gasteiger partial charge in [0.1, 0.15) is 0 Å². The molecular weight excluding hydrogens is 374 g/mol. The van der Waals surface area contributed by atoms with E-state index >= 15 is 0 Å². The number of aromatic nitrogens is 1. The van der Waals surface area contributed by atoms with Crippen LogP contribution in [-0.2, 0) is 11.3 Å². The highest BCUT2D eigenvalue weighted by atomic mass is 35.5. The first-order chi connectivity index (χ1) is 13.6. The van der Waals surface area contributed by atoms with E-state index in [2.05, 4.69) is 16.0 Å². The van der Waals surface area contributed by atoms with Gasteiger partial charge in [-0.2, -0.15) is 0 Å². The van der Waals surface area contributed by atoms with Gasteiger partial charge >= 0.3 is 0 Å². The van der Waals surface area contributed by atoms with Gasteiger partial charge in [0, 0.05) is 61.1 Å². The Balaban J connectivity index is 1.39. The number of pyridine rings is 1. The lowest BCUT2D eigenvalue weighted by atomic mass is 9.78. The summed E-state index contributed by atoms with van der Waals surface area (Å²) >= 11 is 6.05. The number of likely N-dealkylation sites (tertiary alicyclic amines) is 1. The number of amides is 1. The Morgan fingerprint density at radius 3 is 2.79 bits per heavy atom. The smallest absolute Gasteiger partial charge is 0.253 e. The molecule has 0 unspecified atom stereocenters. The molecule has 0 atom stereocenters. The number of hydrogen-bond donors (Lipinski definition) is 0. The van der Waals surface area contributed by atoms with Gasteiger partial charge in [-0.25, -0.2) is 0 Å². The van der Waals surface area contributed by atoms with Gasteiger partial charge in [0.05, 0.1) is 13.2 Å². The molecule has 3 heterocycles. The third-order valence-corrected chi connectivity index (χ3v) is 6.07. The number of hydrogen-bond acceptors (Lipinski definition) is 4. The Kier molecular flexibility index (Phi) is 5.95. The average Bonchev–Trinajstić information content (AvgIpc) is 2.91. The molecule has 1 aromatic heterocycles. The first kappa shape index (κ1) is 19.4. The number of ether oxygens (including phenoxy) is 1. The molecule has 0 saturated carbocycles. The molecule has 0 radical (unpaired) electrons. The van der Waals surface area contributed by atoms with Crippen LogP contribution in [0.5, 0.6) is 0 Å². The summed E-state index contributed by atoms with van der Waals surface area (Å²) in [6.45, 7) is 5.88. The zero-order valence-electron chi connectivity index (χ0n) is 16.0. The van der Waals surface area contributed by atoms with Crippen LogP contribution in [-0.4, -0.2) is 60.1 Å². The zero-order chi connectivity index (χ0) is 19.4. The summed E-state index contributed by atoms with van der Waals surface area (Å²) in [5.74, 6) is 0.0686. The molecule has 2 aromatic rings. The van der Waals surface area contributed by atoms with Crippen molar-refractivity contribution in [1.29, 1.82) is 0 Å². The van der Waals surface area contributed by atoms with Crippen LogP contribution in [0.15, 0.2) is 48.8 Å². The molecule has 0 aliphatic carbocycles. The van der Waals surface area contributed by atoms with Gasteiger partial charge in [-0.15, -0.1) is 0 Å². The Bertz CT molecular complexity index is 806. The van der Waals surface area contributed by atoms with Crippen molar-refractivity contribution in [2.24, 2.45) is 5.41 Å². The molecule has 28 heavy (non-hydrogen) atoms. The standard InChI is InChI=1S/C22H26ClN3O2/c23-20-5-1-4-19(13-20)21(27)26-9-6-22(7-10-26)16-25(11-12-28-17-22)15-18-3-2-8-24-14-18/h1-5,8,13-14H,6-7,9-12,15-17H2. The summed E-state index contributed by atoms with van der Waals surface area (Å²) in [5.41, 5.74) is 2.01. The van der Waals surface area contributed by atoms with Crippen molar-refractivity contribution in [1.82, 2.24) is 14.8 Å². The largest absolute Gasteiger partial charge is 0.379 e. The lowest BCUT2D eigenvalue weighted by Crippen LogP contribution is -2.48. The first-order valence-electron chi connectivity index (χ1n) is 9.87. The fourth-order valence-corrected chi connectivity index (χ4v) is 4.45. The Morgan fingerprint density at radius 1 is 1.18 bits per heavy atom. The predicted octanol–water partition coefficient (Wildman–Crippen LogP) is 3.49. The molecule has 2 aliphatic rings. The summed E-state index contributed by atoms with van der Waals surface area (Å²) in [6.07, 6.45) is 5.67. The lowest BCUT2D eigenvalue weighted by Gasteiger charge is -2.42. The molecule has 1 spiro atoms. The Morgan fingerprint density at radius 2 is 2.04 bits per heavy atom. The monoisotopic (exact) mass is 399 g/mol. The van der Waals surface area contributed by atoms with Gasteiger partial charge in [-0.3, -0.25) is 14.7 Å². The van der Waals surface area contributed by atoms with E-state index in [1.54, 1.807) is 12.1 Å². The summed E-state index contributed by atoms with van der Waals surface area (Å²) < 4.78 is 5.97. The highest BCUT2D eigenvalue weighted by molar-refractivity contribution is 6.30. The minimum absolute atomic E-state index is 0.0686. The van der Waals surface area contributed by atoms with Gasteiger partial charge in [0.25, 0.3) is 5.91 Å². The molecule has 2 fully saturated rings. The number of halogens is 1. The molecule has 2 saturated heterocycles. The molecule has 5 nitrogen and oxygen atoms in total. The number of nitrogens with zero attached hydrogens (tertiary/aromatic N) is 3. The van der Waals surface area contributed by atoms with Crippen molar-refractivity contribution in [2.45, 2.75) is 19.4 Å². The number of carbonyl (C=O) groups excluding carboxylic acids is 1. The fourth-order valence-electron chi connectivity index (χ4n) is 4.26. The van der Waals surface area contributed by atoms with E-state index in [1.165, 1.54) is 5.56 Å². The second kappa shape index (κ2) is 8.60. The van der Waals surface area contributed by atoms with Gasteiger partial charge in [-0.1, -0.05) is 23.7 Å². The highest BCUT2D eigenvalue weighted by Gasteiger charge is 2.39. The maximum Gasteiger partial charge on any atom is 0.253 e. The van der Waals surface area contributed by atoms with Gasteiger partial charge in [0.2, 0.25) is 0 Å². The highest BCUT2D eigenvalue weighted by Crippen LogP contribution is 2.35. The summed E-state index contributed by atoms with van der Waals surface area (Å²) in [6, 6.07) is 11.3. The molecular formula is C22H26ClN3O2. The Hall–Kier alpha value is -1.95. The molecule has 2 aliphatic heterocycles. The normalized spacial score (nSPS) is 20.1. The molecule has 0 bridgehead atoms. The van der Waals surface area contributed by atoms with Crippen LogP contribution in [0.2, 0.25) is 5.02 Å². The van der Waals surface area contributed by atoms with Crippen LogP contribution in [0.4, 0.5) is 0 Å². The van der Waals surface area contributed by atoms with E-state index in [1.807, 2.05) is 35.5 Å². The minimum atomic E-state index is 0.0686. The van der Waals surface area contributed by atoms with Crippen LogP contribution < -0.4 is 0 Å². The second-order valence-electron chi connectivity index (χ2n) is 7.93. The lowest BCUT2D eigenvalue weighted by molar-refractivity contribution is 0.0145. The van der Waals surface area contributed by atoms with E-state index in [4.69, 9.17) is 16.3 Å². The van der Waals surface area contributed by atoms with E-state index in [-0.39, 0.29) is 11.3 Å². The van der Waals surface area contributed by atoms with Crippen LogP contribution in [0.3, 0.4) is 0 Å². The Labute approximate surface area is 171 Å². The topological polar surface area (TPSA) is 45.7 Å². The predicted molar refractivity (Wildman–Crippen MR) is 109 cm³/mol. The van der Waals surface area contributed by atoms with Crippen molar-refractivity contribution in [2.75, 3.05) is 39.4 Å². The summed E-state index contributed by atoms with van der Waals surface area (Å²) in [5, 5.41) is 0.600. The van der Waals surface area contributed by atoms with E-state index in [9.17, 15) is 4.79 Å². The molecule has 4 rings (SSSR count). The van der Waals surface area contributed by atoms with Crippen LogP contribution in [0, 0.1) is 5.41 Å². The first-order valence-corrected chi connectivity index (χ1v) is 10.3. The fraction of sp³-hybridized carbons (Fsp3) is 0.455. The van der Waals surface area contributed by atoms with Crippen LogP contribution in [0.25, 0.3) is 0 Å². The van der Waals surface area contributed by atoms with Crippen molar-refractivity contribution in [3.63, 3.8) is 0 Å². The maximum absolute atomic E-state index is 12.8. The maximum atomic E-state index is 12.8. The molecule has 1 aromatic carbocycles. The van der Waals surface area contributed by atoms with Crippen molar-refractivity contribution < 1.29 is 9.53 Å². The van der Waals surface area contributed by atoms with Crippen LogP contribution >= 0.6 is 11.6 Å². The molecule has 0 N–H and O–H groups in total. The van der Waals surface area contributed by atoms with E-state index < -0.39 is 0 Å². The quantitative estimate of drug-likeness (QED) is 0.792. The van der Waals surface area contributed by atoms with E-state index in [0.29, 0.717) is 10.6 Å². The summed E-state index contributed by atoms with van der Waals surface area (Å²) in [7, 11) is 0. The zero-order valence-corrected chi connectivity index (χ0v) is 16.8. The third-order valence-electron chi connectivity index (χ3n) is 5.83. The second-order valence-corrected chi connectivity index (χ2v) is 8.36. The van der Waals surface area contributed by atoms with Gasteiger partial charge < -0.3 is 9.64 Å². The van der Waals surface area contributed by atoms with Crippen LogP contribution in [0.1, 0.15) is 28.8 Å². The van der Waals surface area contributed by atoms with E-state index in [0.717, 1.165) is 58.8 Å². The number of benzene rings is 1. The average molecular weight is 400 g/mol. The number of piperidine rings is 1. The third kappa shape index (κ3) is 4.54. The van der Waals surface area contributed by atoms with Crippen molar-refractivity contribution in [3.05, 3.63) is 64.9 Å².